The Morgan fingerprint density at radius 1 is 1.00 bits per heavy atom. The highest BCUT2D eigenvalue weighted by molar-refractivity contribution is 5.85. The summed E-state index contributed by atoms with van der Waals surface area (Å²) in [4.78, 5) is 35.1. The Morgan fingerprint density at radius 3 is 1.89 bits per heavy atom. The molecule has 104 valence electrons. The van der Waals surface area contributed by atoms with E-state index in [1.807, 2.05) is 0 Å². The minimum atomic E-state index is -0.602. The Hall–Kier alpha value is -1.63. The summed E-state index contributed by atoms with van der Waals surface area (Å²) in [6, 6.07) is 0. The number of nitrogens with zero attached hydrogens (tertiary/aromatic N) is 1. The number of aliphatic hydroxyl groups is 1. The fourth-order valence-corrected chi connectivity index (χ4v) is 1.22. The molecule has 18 heavy (non-hydrogen) atoms. The van der Waals surface area contributed by atoms with Gasteiger partial charge in [-0.15, -0.1) is 0 Å². The van der Waals surface area contributed by atoms with E-state index in [9.17, 15) is 14.4 Å². The maximum atomic E-state index is 11.7. The van der Waals surface area contributed by atoms with Crippen molar-refractivity contribution in [1.82, 2.24) is 4.90 Å². The van der Waals surface area contributed by atoms with Crippen molar-refractivity contribution in [3.8, 4) is 0 Å². The van der Waals surface area contributed by atoms with Gasteiger partial charge in [-0.05, 0) is 12.8 Å². The number of ether oxygens (including phenoxy) is 2. The number of carbonyl (C=O) groups is 3. The van der Waals surface area contributed by atoms with Crippen LogP contribution in [0.1, 0.15) is 19.3 Å². The minimum absolute atomic E-state index is 0.00127. The standard InChI is InChI=1S/C11H19NO6/c1-17-10(15)7-12(8-11(16)18-2)9(14)5-3-4-6-13/h13H,3-8H2,1-2H3. The summed E-state index contributed by atoms with van der Waals surface area (Å²) in [6.07, 6.45) is 1.15. The molecule has 0 heterocycles. The van der Waals surface area contributed by atoms with Crippen LogP contribution >= 0.6 is 0 Å². The van der Waals surface area contributed by atoms with E-state index in [1.54, 1.807) is 0 Å². The van der Waals surface area contributed by atoms with Gasteiger partial charge >= 0.3 is 11.9 Å². The van der Waals surface area contributed by atoms with E-state index in [1.165, 1.54) is 14.2 Å². The van der Waals surface area contributed by atoms with E-state index in [0.29, 0.717) is 12.8 Å². The molecule has 0 spiro atoms. The van der Waals surface area contributed by atoms with Gasteiger partial charge in [0, 0.05) is 13.0 Å². The van der Waals surface area contributed by atoms with Crippen LogP contribution in [0.2, 0.25) is 0 Å². The molecule has 0 bridgehead atoms. The maximum absolute atomic E-state index is 11.7. The predicted molar refractivity (Wildman–Crippen MR) is 61.5 cm³/mol. The van der Waals surface area contributed by atoms with Crippen molar-refractivity contribution in [2.24, 2.45) is 0 Å². The van der Waals surface area contributed by atoms with Crippen molar-refractivity contribution >= 4 is 17.8 Å². The lowest BCUT2D eigenvalue weighted by Crippen LogP contribution is -2.40. The number of unbranched alkanes of at least 4 members (excludes halogenated alkanes) is 1. The summed E-state index contributed by atoms with van der Waals surface area (Å²) in [5, 5.41) is 8.61. The summed E-state index contributed by atoms with van der Waals surface area (Å²) in [5.41, 5.74) is 0. The highest BCUT2D eigenvalue weighted by Crippen LogP contribution is 2.02. The second-order valence-electron chi connectivity index (χ2n) is 3.58. The first-order valence-electron chi connectivity index (χ1n) is 5.57. The number of carbonyl (C=O) groups excluding carboxylic acids is 3. The van der Waals surface area contributed by atoms with Gasteiger partial charge in [0.1, 0.15) is 13.1 Å². The van der Waals surface area contributed by atoms with Gasteiger partial charge in [-0.2, -0.15) is 0 Å². The van der Waals surface area contributed by atoms with Gasteiger partial charge in [0.15, 0.2) is 0 Å². The molecular weight excluding hydrogens is 242 g/mol. The van der Waals surface area contributed by atoms with E-state index < -0.39 is 11.9 Å². The van der Waals surface area contributed by atoms with Gasteiger partial charge in [-0.25, -0.2) is 0 Å². The Bertz CT molecular complexity index is 273. The maximum Gasteiger partial charge on any atom is 0.325 e. The molecule has 0 aromatic rings. The summed E-state index contributed by atoms with van der Waals surface area (Å²) in [5.74, 6) is -1.55. The molecule has 0 aromatic carbocycles. The van der Waals surface area contributed by atoms with E-state index in [-0.39, 0.29) is 32.0 Å². The molecule has 0 unspecified atom stereocenters. The largest absolute Gasteiger partial charge is 0.468 e. The predicted octanol–water partition coefficient (Wildman–Crippen LogP) is -0.676. The van der Waals surface area contributed by atoms with Crippen LogP contribution in [-0.4, -0.2) is 61.8 Å². The second-order valence-corrected chi connectivity index (χ2v) is 3.58. The summed E-state index contributed by atoms with van der Waals surface area (Å²) >= 11 is 0. The lowest BCUT2D eigenvalue weighted by Gasteiger charge is -2.19. The highest BCUT2D eigenvalue weighted by atomic mass is 16.5. The topological polar surface area (TPSA) is 93.1 Å². The zero-order chi connectivity index (χ0) is 14.0. The number of amides is 1. The molecule has 0 atom stereocenters. The first-order chi connectivity index (χ1) is 8.54. The van der Waals surface area contributed by atoms with Gasteiger partial charge in [-0.1, -0.05) is 0 Å². The van der Waals surface area contributed by atoms with Crippen LogP contribution in [0.5, 0.6) is 0 Å². The molecule has 1 N–H and O–H groups in total. The Balaban J connectivity index is 4.38. The fourth-order valence-electron chi connectivity index (χ4n) is 1.22. The zero-order valence-electron chi connectivity index (χ0n) is 10.7. The lowest BCUT2D eigenvalue weighted by atomic mass is 10.2. The number of aliphatic hydroxyl groups excluding tert-OH is 1. The first-order valence-corrected chi connectivity index (χ1v) is 5.57. The van der Waals surface area contributed by atoms with E-state index in [2.05, 4.69) is 9.47 Å². The number of esters is 2. The molecule has 0 saturated carbocycles. The molecule has 0 aliphatic rings. The number of hydrogen-bond acceptors (Lipinski definition) is 6. The van der Waals surface area contributed by atoms with Crippen LogP contribution in [0.3, 0.4) is 0 Å². The smallest absolute Gasteiger partial charge is 0.325 e. The van der Waals surface area contributed by atoms with Crippen LogP contribution in [0.4, 0.5) is 0 Å². The fraction of sp³-hybridized carbons (Fsp3) is 0.727. The number of rotatable bonds is 8. The van der Waals surface area contributed by atoms with Gasteiger partial charge in [0.05, 0.1) is 14.2 Å². The third-order valence-electron chi connectivity index (χ3n) is 2.25. The molecule has 7 nitrogen and oxygen atoms in total. The van der Waals surface area contributed by atoms with Gasteiger partial charge in [-0.3, -0.25) is 14.4 Å². The van der Waals surface area contributed by atoms with Crippen LogP contribution in [0.15, 0.2) is 0 Å². The van der Waals surface area contributed by atoms with Crippen LogP contribution in [0.25, 0.3) is 0 Å². The van der Waals surface area contributed by atoms with Crippen molar-refractivity contribution in [3.05, 3.63) is 0 Å². The molecule has 0 aromatic heterocycles. The zero-order valence-corrected chi connectivity index (χ0v) is 10.7. The number of hydrogen-bond donors (Lipinski definition) is 1. The molecule has 7 heteroatoms. The SMILES string of the molecule is COC(=O)CN(CC(=O)OC)C(=O)CCCCO. The average molecular weight is 261 g/mol. The van der Waals surface area contributed by atoms with Crippen molar-refractivity contribution < 1.29 is 29.0 Å². The van der Waals surface area contributed by atoms with Gasteiger partial charge in [0.25, 0.3) is 0 Å². The third kappa shape index (κ3) is 6.85. The molecule has 0 fully saturated rings. The molecular formula is C11H19NO6. The Morgan fingerprint density at radius 2 is 1.50 bits per heavy atom. The highest BCUT2D eigenvalue weighted by Gasteiger charge is 2.20. The summed E-state index contributed by atoms with van der Waals surface area (Å²) in [7, 11) is 2.41. The van der Waals surface area contributed by atoms with Crippen molar-refractivity contribution in [1.29, 1.82) is 0 Å². The van der Waals surface area contributed by atoms with Crippen molar-refractivity contribution in [2.75, 3.05) is 33.9 Å². The summed E-state index contributed by atoms with van der Waals surface area (Å²) < 4.78 is 8.89. The van der Waals surface area contributed by atoms with E-state index in [0.717, 1.165) is 4.90 Å². The van der Waals surface area contributed by atoms with Crippen LogP contribution in [0, 0.1) is 0 Å². The molecule has 0 aliphatic heterocycles. The lowest BCUT2D eigenvalue weighted by molar-refractivity contribution is -0.152. The van der Waals surface area contributed by atoms with Crippen molar-refractivity contribution in [3.63, 3.8) is 0 Å². The quantitative estimate of drug-likeness (QED) is 0.460. The van der Waals surface area contributed by atoms with Gasteiger partial charge < -0.3 is 19.5 Å². The molecule has 0 radical (unpaired) electrons. The third-order valence-corrected chi connectivity index (χ3v) is 2.25. The molecule has 0 aliphatic carbocycles. The monoisotopic (exact) mass is 261 g/mol. The Labute approximate surface area is 106 Å². The minimum Gasteiger partial charge on any atom is -0.468 e. The van der Waals surface area contributed by atoms with E-state index >= 15 is 0 Å². The molecule has 1 amide bonds. The number of methoxy groups -OCH3 is 2. The second kappa shape index (κ2) is 9.41. The van der Waals surface area contributed by atoms with E-state index in [4.69, 9.17) is 5.11 Å². The average Bonchev–Trinajstić information content (AvgIpc) is 2.37. The normalized spacial score (nSPS) is 9.72. The molecule has 0 rings (SSSR count). The first kappa shape index (κ1) is 16.4. The van der Waals surface area contributed by atoms with Crippen molar-refractivity contribution in [2.45, 2.75) is 19.3 Å². The molecule has 0 saturated heterocycles. The van der Waals surface area contributed by atoms with Gasteiger partial charge in [0.2, 0.25) is 5.91 Å². The Kier molecular flexibility index (Phi) is 8.55. The van der Waals surface area contributed by atoms with Crippen LogP contribution in [-0.2, 0) is 23.9 Å². The summed E-state index contributed by atoms with van der Waals surface area (Å²) in [6.45, 7) is -0.575. The van der Waals surface area contributed by atoms with Crippen LogP contribution < -0.4 is 0 Å².